The molecule has 0 bridgehead atoms. The average Bonchev–Trinajstić information content (AvgIpc) is 3.15. The summed E-state index contributed by atoms with van der Waals surface area (Å²) in [5.74, 6) is -0.665. The average molecular weight is 720 g/mol. The van der Waals surface area contributed by atoms with Crippen LogP contribution in [0.3, 0.4) is 0 Å². The highest BCUT2D eigenvalue weighted by molar-refractivity contribution is 7.88. The molecular weight excluding hydrogens is 686 g/mol. The number of benzene rings is 7. The molecule has 0 amide bonds. The maximum atomic E-state index is 16.4. The summed E-state index contributed by atoms with van der Waals surface area (Å²) < 4.78 is 61.2. The van der Waals surface area contributed by atoms with Gasteiger partial charge in [-0.2, -0.15) is 0 Å². The smallest absolute Gasteiger partial charge is 0.175 e. The lowest BCUT2D eigenvalue weighted by molar-refractivity contribution is 0.592. The summed E-state index contributed by atoms with van der Waals surface area (Å²) in [5.41, 5.74) is 8.12. The van der Waals surface area contributed by atoms with Gasteiger partial charge in [-0.25, -0.2) is 8.78 Å². The molecule has 3 nitrogen and oxygen atoms in total. The van der Waals surface area contributed by atoms with Crippen LogP contribution in [0.15, 0.2) is 146 Å². The van der Waals surface area contributed by atoms with Gasteiger partial charge in [-0.15, -0.1) is 0 Å². The number of halogens is 2. The molecule has 2 aliphatic heterocycles. The number of hydrogen-bond donors (Lipinski definition) is 0. The van der Waals surface area contributed by atoms with E-state index in [0.29, 0.717) is 43.1 Å². The number of aryl methyl sites for hydroxylation is 3. The fraction of sp³-hybridized carbons (Fsp3) is 0.0667. The van der Waals surface area contributed by atoms with Crippen LogP contribution in [0.1, 0.15) is 16.7 Å². The molecule has 2 aliphatic rings. The molecule has 0 N–H and O–H groups in total. The van der Waals surface area contributed by atoms with E-state index in [2.05, 4.69) is 4.90 Å². The van der Waals surface area contributed by atoms with Gasteiger partial charge in [0, 0.05) is 31.8 Å². The van der Waals surface area contributed by atoms with Crippen molar-refractivity contribution in [1.29, 1.82) is 0 Å². The minimum absolute atomic E-state index is 0.322. The van der Waals surface area contributed by atoms with Gasteiger partial charge in [0.25, 0.3) is 0 Å². The van der Waals surface area contributed by atoms with Crippen molar-refractivity contribution in [3.63, 3.8) is 0 Å². The van der Waals surface area contributed by atoms with E-state index < -0.39 is 14.3 Å². The molecule has 7 heteroatoms. The molecule has 0 saturated heterocycles. The SMILES string of the molecule is Cc1ccc2c(c1)P(=O)(c1cccc(-c3ccc(F)cc3)c1)c1cc(C)cc3c1N2c1ccc(C)cc1P3(=O)c1cccc(-c2cccc(F)c2)c1. The van der Waals surface area contributed by atoms with Crippen molar-refractivity contribution < 1.29 is 17.9 Å². The van der Waals surface area contributed by atoms with E-state index in [1.165, 1.54) is 24.3 Å². The van der Waals surface area contributed by atoms with Gasteiger partial charge in [0.1, 0.15) is 11.6 Å². The minimum atomic E-state index is -3.63. The largest absolute Gasteiger partial charge is 0.308 e. The number of anilines is 3. The summed E-state index contributed by atoms with van der Waals surface area (Å²) in [6.45, 7) is 5.97. The lowest BCUT2D eigenvalue weighted by Gasteiger charge is -2.44. The molecule has 0 radical (unpaired) electrons. The zero-order valence-corrected chi connectivity index (χ0v) is 30.6. The molecule has 7 aromatic carbocycles. The lowest BCUT2D eigenvalue weighted by Crippen LogP contribution is -2.46. The second kappa shape index (κ2) is 11.9. The van der Waals surface area contributed by atoms with Crippen molar-refractivity contribution >= 4 is 63.2 Å². The van der Waals surface area contributed by atoms with E-state index in [1.54, 1.807) is 18.2 Å². The molecular formula is C45H33F2NO2P2. The Morgan fingerprint density at radius 1 is 0.423 bits per heavy atom. The third kappa shape index (κ3) is 4.84. The van der Waals surface area contributed by atoms with Crippen LogP contribution in [0, 0.1) is 32.4 Å². The van der Waals surface area contributed by atoms with Gasteiger partial charge in [-0.3, -0.25) is 0 Å². The van der Waals surface area contributed by atoms with Gasteiger partial charge >= 0.3 is 0 Å². The predicted octanol–water partition coefficient (Wildman–Crippen LogP) is 9.60. The topological polar surface area (TPSA) is 37.4 Å². The minimum Gasteiger partial charge on any atom is -0.308 e. The van der Waals surface area contributed by atoms with Crippen LogP contribution >= 0.6 is 14.3 Å². The Kier molecular flexibility index (Phi) is 7.42. The molecule has 0 fully saturated rings. The van der Waals surface area contributed by atoms with E-state index >= 15 is 9.13 Å². The van der Waals surface area contributed by atoms with Crippen molar-refractivity contribution in [1.82, 2.24) is 0 Å². The van der Waals surface area contributed by atoms with Crippen molar-refractivity contribution in [2.75, 3.05) is 4.90 Å². The van der Waals surface area contributed by atoms with Gasteiger partial charge in [0.2, 0.25) is 0 Å². The van der Waals surface area contributed by atoms with Crippen molar-refractivity contribution in [2.45, 2.75) is 20.8 Å². The molecule has 0 aliphatic carbocycles. The summed E-state index contributed by atoms with van der Waals surface area (Å²) in [5, 5.41) is 3.93. The van der Waals surface area contributed by atoms with Crippen LogP contribution < -0.4 is 36.7 Å². The van der Waals surface area contributed by atoms with E-state index in [-0.39, 0.29) is 11.6 Å². The summed E-state index contributed by atoms with van der Waals surface area (Å²) in [6, 6.07) is 44.2. The quantitative estimate of drug-likeness (QED) is 0.170. The normalized spacial score (nSPS) is 18.4. The van der Waals surface area contributed by atoms with Crippen molar-refractivity contribution in [3.05, 3.63) is 174 Å². The van der Waals surface area contributed by atoms with E-state index in [0.717, 1.165) is 44.8 Å². The summed E-state index contributed by atoms with van der Waals surface area (Å²) >= 11 is 0. The molecule has 2 atom stereocenters. The molecule has 0 aromatic heterocycles. The first-order valence-electron chi connectivity index (χ1n) is 17.2. The summed E-state index contributed by atoms with van der Waals surface area (Å²) in [6.07, 6.45) is 0. The third-order valence-electron chi connectivity index (χ3n) is 10.3. The second-order valence-electron chi connectivity index (χ2n) is 13.8. The first-order valence-corrected chi connectivity index (χ1v) is 20.6. The summed E-state index contributed by atoms with van der Waals surface area (Å²) in [7, 11) is -7.24. The molecule has 0 saturated carbocycles. The van der Waals surface area contributed by atoms with Crippen LogP contribution in [0.2, 0.25) is 0 Å². The highest BCUT2D eigenvalue weighted by Gasteiger charge is 2.50. The predicted molar refractivity (Wildman–Crippen MR) is 212 cm³/mol. The van der Waals surface area contributed by atoms with Crippen LogP contribution in [0.5, 0.6) is 0 Å². The fourth-order valence-corrected chi connectivity index (χ4v) is 14.4. The Labute approximate surface area is 302 Å². The van der Waals surface area contributed by atoms with Crippen LogP contribution in [-0.4, -0.2) is 0 Å². The summed E-state index contributed by atoms with van der Waals surface area (Å²) in [4.78, 5) is 2.15. The highest BCUT2D eigenvalue weighted by atomic mass is 31.2. The monoisotopic (exact) mass is 719 g/mol. The Bertz CT molecular complexity index is 2720. The molecule has 2 heterocycles. The number of hydrogen-bond acceptors (Lipinski definition) is 3. The highest BCUT2D eigenvalue weighted by Crippen LogP contribution is 2.61. The molecule has 52 heavy (non-hydrogen) atoms. The van der Waals surface area contributed by atoms with Gasteiger partial charge < -0.3 is 14.0 Å². The Morgan fingerprint density at radius 3 is 1.40 bits per heavy atom. The van der Waals surface area contributed by atoms with E-state index in [1.807, 2.05) is 124 Å². The molecule has 9 rings (SSSR count). The Balaban J connectivity index is 1.36. The van der Waals surface area contributed by atoms with Gasteiger partial charge in [0.15, 0.2) is 14.3 Å². The maximum Gasteiger partial charge on any atom is 0.175 e. The van der Waals surface area contributed by atoms with E-state index in [4.69, 9.17) is 0 Å². The lowest BCUT2D eigenvalue weighted by atomic mass is 10.1. The van der Waals surface area contributed by atoms with Crippen LogP contribution in [-0.2, 0) is 9.13 Å². The van der Waals surface area contributed by atoms with Gasteiger partial charge in [-0.05, 0) is 121 Å². The zero-order valence-electron chi connectivity index (χ0n) is 28.8. The third-order valence-corrected chi connectivity index (χ3v) is 16.4. The van der Waals surface area contributed by atoms with Gasteiger partial charge in [-0.1, -0.05) is 83.9 Å². The number of rotatable bonds is 4. The first kappa shape index (κ1) is 32.6. The van der Waals surface area contributed by atoms with Crippen molar-refractivity contribution in [2.24, 2.45) is 0 Å². The Morgan fingerprint density at radius 2 is 0.885 bits per heavy atom. The first-order chi connectivity index (χ1) is 25.0. The number of nitrogens with zero attached hydrogens (tertiary/aromatic N) is 1. The van der Waals surface area contributed by atoms with Crippen LogP contribution in [0.25, 0.3) is 22.3 Å². The van der Waals surface area contributed by atoms with Crippen molar-refractivity contribution in [3.8, 4) is 22.3 Å². The van der Waals surface area contributed by atoms with Gasteiger partial charge in [0.05, 0.1) is 17.1 Å². The molecule has 7 aromatic rings. The second-order valence-corrected chi connectivity index (χ2v) is 19.2. The Hall–Kier alpha value is -5.34. The van der Waals surface area contributed by atoms with E-state index in [9.17, 15) is 8.78 Å². The molecule has 0 spiro atoms. The van der Waals surface area contributed by atoms with Crippen LogP contribution in [0.4, 0.5) is 25.8 Å². The fourth-order valence-electron chi connectivity index (χ4n) is 7.86. The molecule has 254 valence electrons. The standard InChI is InChI=1S/C45H33F2NO2P2/c1-28-13-19-39-41(21-28)51(49,37-11-5-8-33(26-37)31-15-17-35(46)18-16-31)43-23-30(3)24-44-45(43)48(39)40-20-14-29(2)22-42(40)52(44,50)38-12-6-9-34(27-38)32-7-4-10-36(47)25-32/h4-27H,1-3H3. The zero-order chi connectivity index (χ0) is 35.9. The number of fused-ring (bicyclic) bond motifs is 4. The maximum absolute atomic E-state index is 16.4. The molecule has 2 unspecified atom stereocenters.